The minimum atomic E-state index is -0.506. The molecule has 25 heavy (non-hydrogen) atoms. The molecule has 0 bridgehead atoms. The molecule has 1 aliphatic rings. The Morgan fingerprint density at radius 1 is 1.24 bits per heavy atom. The van der Waals surface area contributed by atoms with Gasteiger partial charge in [-0.2, -0.15) is 0 Å². The molecule has 0 aromatic heterocycles. The molecule has 0 spiro atoms. The van der Waals surface area contributed by atoms with E-state index in [1.807, 2.05) is 36.4 Å². The number of hydrogen-bond donors (Lipinski definition) is 3. The predicted molar refractivity (Wildman–Crippen MR) is 96.5 cm³/mol. The number of rotatable bonds is 5. The maximum atomic E-state index is 12.2. The van der Waals surface area contributed by atoms with Gasteiger partial charge in [-0.1, -0.05) is 30.3 Å². The van der Waals surface area contributed by atoms with E-state index in [0.29, 0.717) is 18.0 Å². The monoisotopic (exact) mass is 339 g/mol. The number of fused-ring (bicyclic) bond motifs is 1. The Hall–Kier alpha value is -3.02. The van der Waals surface area contributed by atoms with E-state index in [1.54, 1.807) is 26.0 Å². The van der Waals surface area contributed by atoms with E-state index in [1.165, 1.54) is 0 Å². The van der Waals surface area contributed by atoms with Gasteiger partial charge in [-0.05, 0) is 37.6 Å². The molecule has 0 radical (unpaired) electrons. The molecule has 130 valence electrons. The smallest absolute Gasteiger partial charge is 0.265 e. The van der Waals surface area contributed by atoms with E-state index < -0.39 is 12.1 Å². The average Bonchev–Trinajstić information content (AvgIpc) is 2.61. The first-order valence-electron chi connectivity index (χ1n) is 8.22. The molecule has 2 aromatic carbocycles. The second-order valence-electron chi connectivity index (χ2n) is 6.03. The maximum absolute atomic E-state index is 12.2. The van der Waals surface area contributed by atoms with Crippen LogP contribution in [-0.2, 0) is 16.1 Å². The van der Waals surface area contributed by atoms with Gasteiger partial charge in [0.2, 0.25) is 5.91 Å². The number of amides is 2. The lowest BCUT2D eigenvalue weighted by Gasteiger charge is -2.24. The fourth-order valence-electron chi connectivity index (χ4n) is 2.55. The van der Waals surface area contributed by atoms with Crippen LogP contribution in [0.2, 0.25) is 0 Å². The lowest BCUT2D eigenvalue weighted by atomic mass is 10.2. The highest BCUT2D eigenvalue weighted by molar-refractivity contribution is 5.98. The zero-order valence-corrected chi connectivity index (χ0v) is 14.2. The molecular formula is C19H21N3O3. The first kappa shape index (κ1) is 16.8. The van der Waals surface area contributed by atoms with Crippen LogP contribution in [0.1, 0.15) is 19.4 Å². The van der Waals surface area contributed by atoms with Gasteiger partial charge in [-0.15, -0.1) is 0 Å². The van der Waals surface area contributed by atoms with E-state index in [2.05, 4.69) is 16.0 Å². The summed E-state index contributed by atoms with van der Waals surface area (Å²) in [6.07, 6.45) is -0.506. The molecule has 6 nitrogen and oxygen atoms in total. The van der Waals surface area contributed by atoms with Gasteiger partial charge in [0, 0.05) is 12.2 Å². The summed E-state index contributed by atoms with van der Waals surface area (Å²) < 4.78 is 5.52. The Morgan fingerprint density at radius 2 is 2.00 bits per heavy atom. The minimum absolute atomic E-state index is 0.101. The lowest BCUT2D eigenvalue weighted by Crippen LogP contribution is -2.37. The summed E-state index contributed by atoms with van der Waals surface area (Å²) in [7, 11) is 0. The van der Waals surface area contributed by atoms with Gasteiger partial charge in [0.25, 0.3) is 5.91 Å². The Balaban J connectivity index is 1.59. The highest BCUT2D eigenvalue weighted by atomic mass is 16.5. The summed E-state index contributed by atoms with van der Waals surface area (Å²) in [6, 6.07) is 14.7. The number of benzene rings is 2. The molecule has 0 saturated heterocycles. The van der Waals surface area contributed by atoms with E-state index in [-0.39, 0.29) is 11.8 Å². The van der Waals surface area contributed by atoms with Crippen molar-refractivity contribution in [1.29, 1.82) is 0 Å². The molecule has 0 saturated carbocycles. The summed E-state index contributed by atoms with van der Waals surface area (Å²) in [5.74, 6) is 0.340. The van der Waals surface area contributed by atoms with Crippen molar-refractivity contribution >= 4 is 23.2 Å². The van der Waals surface area contributed by atoms with Crippen LogP contribution in [0.4, 0.5) is 11.4 Å². The van der Waals surface area contributed by atoms with Crippen molar-refractivity contribution in [2.24, 2.45) is 0 Å². The van der Waals surface area contributed by atoms with E-state index in [9.17, 15) is 9.59 Å². The number of hydrogen-bond acceptors (Lipinski definition) is 4. The SMILES string of the molecule is CC(Nc1ccc2c(c1)NC(=O)C(C)O2)C(=O)NCc1ccccc1. The van der Waals surface area contributed by atoms with Gasteiger partial charge >= 0.3 is 0 Å². The summed E-state index contributed by atoms with van der Waals surface area (Å²) in [4.78, 5) is 23.9. The first-order chi connectivity index (χ1) is 12.0. The molecular weight excluding hydrogens is 318 g/mol. The average molecular weight is 339 g/mol. The molecule has 1 heterocycles. The number of nitrogens with one attached hydrogen (secondary N) is 3. The van der Waals surface area contributed by atoms with Crippen LogP contribution in [0.5, 0.6) is 5.75 Å². The second-order valence-corrected chi connectivity index (χ2v) is 6.03. The largest absolute Gasteiger partial charge is 0.479 e. The number of ether oxygens (including phenoxy) is 1. The highest BCUT2D eigenvalue weighted by Gasteiger charge is 2.23. The fourth-order valence-corrected chi connectivity index (χ4v) is 2.55. The second kappa shape index (κ2) is 7.25. The topological polar surface area (TPSA) is 79.5 Å². The van der Waals surface area contributed by atoms with Crippen molar-refractivity contribution in [3.8, 4) is 5.75 Å². The molecule has 3 N–H and O–H groups in total. The van der Waals surface area contributed by atoms with Crippen LogP contribution in [0.25, 0.3) is 0 Å². The van der Waals surface area contributed by atoms with Crippen LogP contribution < -0.4 is 20.7 Å². The summed E-state index contributed by atoms with van der Waals surface area (Å²) >= 11 is 0. The minimum Gasteiger partial charge on any atom is -0.479 e. The summed E-state index contributed by atoms with van der Waals surface area (Å²) in [6.45, 7) is 3.97. The summed E-state index contributed by atoms with van der Waals surface area (Å²) in [5.41, 5.74) is 2.38. The van der Waals surface area contributed by atoms with Crippen molar-refractivity contribution in [2.45, 2.75) is 32.5 Å². The normalized spacial score (nSPS) is 16.9. The molecule has 2 amide bonds. The van der Waals surface area contributed by atoms with E-state index in [4.69, 9.17) is 4.74 Å². The molecule has 2 unspecified atom stereocenters. The lowest BCUT2D eigenvalue weighted by molar-refractivity contribution is -0.123. The zero-order chi connectivity index (χ0) is 17.8. The number of anilines is 2. The molecule has 0 aliphatic carbocycles. The summed E-state index contributed by atoms with van der Waals surface area (Å²) in [5, 5.41) is 8.83. The Labute approximate surface area is 146 Å². The third-order valence-corrected chi connectivity index (χ3v) is 4.00. The first-order valence-corrected chi connectivity index (χ1v) is 8.22. The number of carbonyl (C=O) groups is 2. The van der Waals surface area contributed by atoms with Gasteiger partial charge < -0.3 is 20.7 Å². The molecule has 1 aliphatic heterocycles. The van der Waals surface area contributed by atoms with Gasteiger partial charge in [0.05, 0.1) is 5.69 Å². The molecule has 6 heteroatoms. The maximum Gasteiger partial charge on any atom is 0.265 e. The van der Waals surface area contributed by atoms with Gasteiger partial charge in [-0.3, -0.25) is 9.59 Å². The Kier molecular flexibility index (Phi) is 4.88. The Bertz CT molecular complexity index is 777. The van der Waals surface area contributed by atoms with Gasteiger partial charge in [-0.25, -0.2) is 0 Å². The third-order valence-electron chi connectivity index (χ3n) is 4.00. The van der Waals surface area contributed by atoms with Crippen LogP contribution in [0, 0.1) is 0 Å². The molecule has 3 rings (SSSR count). The third kappa shape index (κ3) is 4.09. The van der Waals surface area contributed by atoms with Gasteiger partial charge in [0.15, 0.2) is 6.10 Å². The van der Waals surface area contributed by atoms with E-state index in [0.717, 1.165) is 11.3 Å². The van der Waals surface area contributed by atoms with Crippen molar-refractivity contribution in [1.82, 2.24) is 5.32 Å². The van der Waals surface area contributed by atoms with Crippen LogP contribution in [0.3, 0.4) is 0 Å². The van der Waals surface area contributed by atoms with E-state index >= 15 is 0 Å². The Morgan fingerprint density at radius 3 is 2.76 bits per heavy atom. The molecule has 2 aromatic rings. The predicted octanol–water partition coefficient (Wildman–Crippen LogP) is 2.52. The van der Waals surface area contributed by atoms with Crippen molar-refractivity contribution in [3.05, 3.63) is 54.1 Å². The van der Waals surface area contributed by atoms with Crippen molar-refractivity contribution in [2.75, 3.05) is 10.6 Å². The fraction of sp³-hybridized carbons (Fsp3) is 0.263. The number of carbonyl (C=O) groups excluding carboxylic acids is 2. The highest BCUT2D eigenvalue weighted by Crippen LogP contribution is 2.32. The van der Waals surface area contributed by atoms with Crippen molar-refractivity contribution in [3.63, 3.8) is 0 Å². The van der Waals surface area contributed by atoms with Gasteiger partial charge in [0.1, 0.15) is 11.8 Å². The zero-order valence-electron chi connectivity index (χ0n) is 14.2. The quantitative estimate of drug-likeness (QED) is 0.782. The standard InChI is InChI=1S/C19H21N3O3/c1-12(18(23)20-11-14-6-4-3-5-7-14)21-15-8-9-17-16(10-15)22-19(24)13(2)25-17/h3-10,12-13,21H,11H2,1-2H3,(H,20,23)(H,22,24). The van der Waals surface area contributed by atoms with Crippen LogP contribution >= 0.6 is 0 Å². The molecule has 0 fully saturated rings. The van der Waals surface area contributed by atoms with Crippen LogP contribution in [-0.4, -0.2) is 24.0 Å². The van der Waals surface area contributed by atoms with Crippen LogP contribution in [0.15, 0.2) is 48.5 Å². The molecule has 2 atom stereocenters. The van der Waals surface area contributed by atoms with Crippen molar-refractivity contribution < 1.29 is 14.3 Å².